The topological polar surface area (TPSA) is 79.4 Å². The molecule has 0 spiro atoms. The molecule has 0 aliphatic carbocycles. The predicted octanol–water partition coefficient (Wildman–Crippen LogP) is 3.00. The van der Waals surface area contributed by atoms with Crippen LogP contribution < -0.4 is 5.32 Å². The summed E-state index contributed by atoms with van der Waals surface area (Å²) in [4.78, 5) is 33.9. The summed E-state index contributed by atoms with van der Waals surface area (Å²) in [7, 11) is 2.05. The van der Waals surface area contributed by atoms with Crippen LogP contribution in [0.15, 0.2) is 36.4 Å². The van der Waals surface area contributed by atoms with Crippen molar-refractivity contribution in [3.63, 3.8) is 0 Å². The Labute approximate surface area is 238 Å². The fourth-order valence-corrected chi connectivity index (χ4v) is 6.06. The maximum atomic E-state index is 13.7. The minimum absolute atomic E-state index is 0.0334. The number of piperidine rings is 1. The van der Waals surface area contributed by atoms with Gasteiger partial charge in [-0.2, -0.15) is 0 Å². The van der Waals surface area contributed by atoms with Gasteiger partial charge in [0.2, 0.25) is 0 Å². The molecule has 0 bridgehead atoms. The highest BCUT2D eigenvalue weighted by molar-refractivity contribution is 6.34. The molecule has 3 aliphatic heterocycles. The van der Waals surface area contributed by atoms with E-state index in [1.54, 1.807) is 11.0 Å². The quantitative estimate of drug-likeness (QED) is 0.551. The number of nitrogens with one attached hydrogen (secondary N) is 1. The average molecular weight is 576 g/mol. The fourth-order valence-electron chi connectivity index (χ4n) is 5.80. The molecule has 0 saturated carbocycles. The Balaban J connectivity index is 1.09. The third-order valence-corrected chi connectivity index (χ3v) is 8.69. The van der Waals surface area contributed by atoms with Gasteiger partial charge in [-0.1, -0.05) is 11.6 Å². The molecule has 11 heteroatoms. The molecule has 216 valence electrons. The van der Waals surface area contributed by atoms with Crippen LogP contribution in [0.3, 0.4) is 0 Å². The van der Waals surface area contributed by atoms with Crippen LogP contribution >= 0.6 is 11.6 Å². The van der Waals surface area contributed by atoms with E-state index in [4.69, 9.17) is 11.6 Å². The SMILES string of the molecule is CN1CCN(C(=O)c2ccc(NC3CN(C4CCN(C(=O)[C@@](C)(O)c5cc(F)cc(F)c5)CC4)C3)cc2Cl)CC1. The van der Waals surface area contributed by atoms with E-state index in [0.717, 1.165) is 56.8 Å². The molecule has 0 radical (unpaired) electrons. The molecular formula is C29H36ClF2N5O3. The molecule has 0 aromatic heterocycles. The number of aliphatic hydroxyl groups is 1. The molecule has 1 atom stereocenters. The number of nitrogens with zero attached hydrogens (tertiary/aromatic N) is 4. The standard InChI is InChI=1S/C29H36ClF2N5O3/c1-29(40,19-13-20(31)15-21(32)14-19)28(39)36-7-5-24(6-8-36)37-17-23(18-37)33-22-3-4-25(26(30)16-22)27(38)35-11-9-34(2)10-12-35/h3-4,13-16,23-24,33,40H,5-12,17-18H2,1-2H3/t29-/m0/s1. The molecule has 2 N–H and O–H groups in total. The Kier molecular flexibility index (Phi) is 8.33. The van der Waals surface area contributed by atoms with Gasteiger partial charge in [0.1, 0.15) is 11.6 Å². The van der Waals surface area contributed by atoms with Gasteiger partial charge in [0.25, 0.3) is 11.8 Å². The number of likely N-dealkylation sites (tertiary alicyclic amines) is 2. The summed E-state index contributed by atoms with van der Waals surface area (Å²) < 4.78 is 27.3. The summed E-state index contributed by atoms with van der Waals surface area (Å²) in [6.45, 7) is 7.00. The van der Waals surface area contributed by atoms with Gasteiger partial charge in [-0.3, -0.25) is 14.5 Å². The van der Waals surface area contributed by atoms with Crippen LogP contribution in [0.2, 0.25) is 5.02 Å². The summed E-state index contributed by atoms with van der Waals surface area (Å²) in [5.74, 6) is -2.25. The lowest BCUT2D eigenvalue weighted by molar-refractivity contribution is -0.152. The van der Waals surface area contributed by atoms with Crippen molar-refractivity contribution in [1.82, 2.24) is 19.6 Å². The molecule has 2 aromatic rings. The Bertz CT molecular complexity index is 1240. The third kappa shape index (κ3) is 6.10. The maximum Gasteiger partial charge on any atom is 0.258 e. The van der Waals surface area contributed by atoms with Crippen LogP contribution in [0.25, 0.3) is 0 Å². The smallest absolute Gasteiger partial charge is 0.258 e. The number of halogens is 3. The van der Waals surface area contributed by atoms with E-state index in [-0.39, 0.29) is 17.5 Å². The second kappa shape index (κ2) is 11.6. The van der Waals surface area contributed by atoms with Gasteiger partial charge in [-0.05, 0) is 62.7 Å². The second-order valence-electron chi connectivity index (χ2n) is 11.3. The van der Waals surface area contributed by atoms with Crippen molar-refractivity contribution in [1.29, 1.82) is 0 Å². The lowest BCUT2D eigenvalue weighted by Crippen LogP contribution is -2.61. The number of hydrogen-bond acceptors (Lipinski definition) is 6. The molecule has 8 nitrogen and oxygen atoms in total. The molecular weight excluding hydrogens is 540 g/mol. The highest BCUT2D eigenvalue weighted by Crippen LogP contribution is 2.30. The van der Waals surface area contributed by atoms with Crippen molar-refractivity contribution in [3.8, 4) is 0 Å². The van der Waals surface area contributed by atoms with E-state index < -0.39 is 23.1 Å². The van der Waals surface area contributed by atoms with Gasteiger partial charge in [0.15, 0.2) is 5.60 Å². The monoisotopic (exact) mass is 575 g/mol. The van der Waals surface area contributed by atoms with Gasteiger partial charge in [0.05, 0.1) is 16.6 Å². The first-order chi connectivity index (χ1) is 19.0. The van der Waals surface area contributed by atoms with Crippen molar-refractivity contribution in [3.05, 3.63) is 64.2 Å². The van der Waals surface area contributed by atoms with Crippen LogP contribution in [-0.4, -0.2) is 108 Å². The van der Waals surface area contributed by atoms with Gasteiger partial charge >= 0.3 is 0 Å². The van der Waals surface area contributed by atoms with Crippen LogP contribution in [0.5, 0.6) is 0 Å². The molecule has 5 rings (SSSR count). The van der Waals surface area contributed by atoms with Crippen LogP contribution in [0.1, 0.15) is 35.7 Å². The summed E-state index contributed by atoms with van der Waals surface area (Å²) >= 11 is 6.50. The zero-order valence-corrected chi connectivity index (χ0v) is 23.6. The number of hydrogen-bond donors (Lipinski definition) is 2. The number of piperazine rings is 1. The van der Waals surface area contributed by atoms with E-state index in [1.165, 1.54) is 6.92 Å². The van der Waals surface area contributed by atoms with Crippen LogP contribution in [-0.2, 0) is 10.4 Å². The van der Waals surface area contributed by atoms with E-state index in [9.17, 15) is 23.5 Å². The molecule has 3 heterocycles. The zero-order valence-electron chi connectivity index (χ0n) is 22.9. The third-order valence-electron chi connectivity index (χ3n) is 8.38. The van der Waals surface area contributed by atoms with Crippen molar-refractivity contribution in [2.75, 3.05) is 64.7 Å². The zero-order chi connectivity index (χ0) is 28.6. The van der Waals surface area contributed by atoms with E-state index >= 15 is 0 Å². The van der Waals surface area contributed by atoms with Gasteiger partial charge < -0.3 is 25.1 Å². The van der Waals surface area contributed by atoms with Crippen LogP contribution in [0, 0.1) is 11.6 Å². The minimum atomic E-state index is -2.01. The van der Waals surface area contributed by atoms with E-state index in [0.29, 0.717) is 48.9 Å². The number of carbonyl (C=O) groups is 2. The lowest BCUT2D eigenvalue weighted by Gasteiger charge is -2.48. The van der Waals surface area contributed by atoms with Crippen LogP contribution in [0.4, 0.5) is 14.5 Å². The Hall–Kier alpha value is -2.79. The number of benzene rings is 2. The Morgan fingerprint density at radius 2 is 1.57 bits per heavy atom. The summed E-state index contributed by atoms with van der Waals surface area (Å²) in [6, 6.07) is 8.77. The lowest BCUT2D eigenvalue weighted by atomic mass is 9.91. The van der Waals surface area contributed by atoms with Crippen molar-refractivity contribution in [2.45, 2.75) is 37.5 Å². The Morgan fingerprint density at radius 1 is 0.950 bits per heavy atom. The van der Waals surface area contributed by atoms with Gasteiger partial charge in [0, 0.05) is 70.2 Å². The number of amides is 2. The minimum Gasteiger partial charge on any atom is -0.380 e. The number of rotatable bonds is 6. The first-order valence-electron chi connectivity index (χ1n) is 13.8. The Morgan fingerprint density at radius 3 is 2.17 bits per heavy atom. The number of carbonyl (C=O) groups excluding carboxylic acids is 2. The maximum absolute atomic E-state index is 13.7. The molecule has 0 unspecified atom stereocenters. The largest absolute Gasteiger partial charge is 0.380 e. The molecule has 2 amide bonds. The summed E-state index contributed by atoms with van der Waals surface area (Å²) in [6.07, 6.45) is 1.50. The molecule has 40 heavy (non-hydrogen) atoms. The highest BCUT2D eigenvalue weighted by atomic mass is 35.5. The van der Waals surface area contributed by atoms with E-state index in [1.807, 2.05) is 24.1 Å². The van der Waals surface area contributed by atoms with E-state index in [2.05, 4.69) is 15.1 Å². The normalized spacial score (nSPS) is 21.1. The average Bonchev–Trinajstić information content (AvgIpc) is 2.90. The predicted molar refractivity (Wildman–Crippen MR) is 149 cm³/mol. The van der Waals surface area contributed by atoms with Crippen molar-refractivity contribution < 1.29 is 23.5 Å². The first-order valence-corrected chi connectivity index (χ1v) is 14.2. The fraction of sp³-hybridized carbons (Fsp3) is 0.517. The second-order valence-corrected chi connectivity index (χ2v) is 11.7. The highest BCUT2D eigenvalue weighted by Gasteiger charge is 2.40. The van der Waals surface area contributed by atoms with Crippen molar-refractivity contribution >= 4 is 29.1 Å². The number of likely N-dealkylation sites (N-methyl/N-ethyl adjacent to an activating group) is 1. The van der Waals surface area contributed by atoms with Crippen molar-refractivity contribution in [2.24, 2.45) is 0 Å². The molecule has 3 aliphatic rings. The molecule has 3 fully saturated rings. The van der Waals surface area contributed by atoms with Gasteiger partial charge in [-0.15, -0.1) is 0 Å². The molecule has 2 aromatic carbocycles. The first kappa shape index (κ1) is 28.7. The summed E-state index contributed by atoms with van der Waals surface area (Å²) in [5.41, 5.74) is -0.700. The molecule has 3 saturated heterocycles. The van der Waals surface area contributed by atoms with Gasteiger partial charge in [-0.25, -0.2) is 8.78 Å². The summed E-state index contributed by atoms with van der Waals surface area (Å²) in [5, 5.41) is 14.8. The number of anilines is 1.